The molecule has 0 aliphatic carbocycles. The predicted molar refractivity (Wildman–Crippen MR) is 71.2 cm³/mol. The van der Waals surface area contributed by atoms with Crippen molar-refractivity contribution in [3.63, 3.8) is 0 Å². The summed E-state index contributed by atoms with van der Waals surface area (Å²) in [7, 11) is -1.11. The van der Waals surface area contributed by atoms with E-state index < -0.39 is 22.0 Å². The number of carboxylic acids is 1. The van der Waals surface area contributed by atoms with Gasteiger partial charge in [0.05, 0.1) is 12.0 Å². The summed E-state index contributed by atoms with van der Waals surface area (Å²) in [6.07, 6.45) is 0.0367. The standard InChI is InChI=1S/C12H17NO6S/c1-18-7-6-11(12(14)15)13-20(16,17)10-5-3-4-9(8-10)19-2/h3-5,8,11,13H,6-7H2,1-2H3,(H,14,15). The van der Waals surface area contributed by atoms with Gasteiger partial charge in [-0.05, 0) is 18.6 Å². The van der Waals surface area contributed by atoms with Crippen LogP contribution in [0, 0.1) is 0 Å². The molecule has 8 heteroatoms. The Balaban J connectivity index is 2.94. The van der Waals surface area contributed by atoms with Crippen molar-refractivity contribution in [2.45, 2.75) is 17.4 Å². The Labute approximate surface area is 117 Å². The van der Waals surface area contributed by atoms with E-state index in [1.165, 1.54) is 32.4 Å². The van der Waals surface area contributed by atoms with Crippen LogP contribution in [0.15, 0.2) is 29.2 Å². The number of methoxy groups -OCH3 is 2. The van der Waals surface area contributed by atoms with Crippen molar-refractivity contribution in [2.75, 3.05) is 20.8 Å². The van der Waals surface area contributed by atoms with Crippen LogP contribution in [0.5, 0.6) is 5.75 Å². The van der Waals surface area contributed by atoms with Crippen LogP contribution in [-0.4, -0.2) is 46.4 Å². The maximum atomic E-state index is 12.1. The number of aliphatic carboxylic acids is 1. The minimum atomic E-state index is -3.93. The number of nitrogens with one attached hydrogen (secondary N) is 1. The van der Waals surface area contributed by atoms with Gasteiger partial charge in [0.1, 0.15) is 11.8 Å². The van der Waals surface area contributed by atoms with Gasteiger partial charge in [-0.25, -0.2) is 8.42 Å². The molecule has 0 aliphatic rings. The van der Waals surface area contributed by atoms with E-state index >= 15 is 0 Å². The highest BCUT2D eigenvalue weighted by Gasteiger charge is 2.25. The first-order chi connectivity index (χ1) is 9.40. The molecule has 0 aliphatic heterocycles. The van der Waals surface area contributed by atoms with Crippen molar-refractivity contribution in [2.24, 2.45) is 0 Å². The third kappa shape index (κ3) is 4.48. The van der Waals surface area contributed by atoms with Crippen molar-refractivity contribution >= 4 is 16.0 Å². The molecule has 2 N–H and O–H groups in total. The summed E-state index contributed by atoms with van der Waals surface area (Å²) in [5.74, 6) is -0.884. The maximum absolute atomic E-state index is 12.1. The zero-order chi connectivity index (χ0) is 15.2. The van der Waals surface area contributed by atoms with E-state index in [-0.39, 0.29) is 17.9 Å². The molecular formula is C12H17NO6S. The number of hydrogen-bond acceptors (Lipinski definition) is 5. The number of carbonyl (C=O) groups is 1. The van der Waals surface area contributed by atoms with E-state index in [1.54, 1.807) is 6.07 Å². The van der Waals surface area contributed by atoms with Gasteiger partial charge in [0, 0.05) is 19.8 Å². The highest BCUT2D eigenvalue weighted by atomic mass is 32.2. The van der Waals surface area contributed by atoms with Gasteiger partial charge >= 0.3 is 5.97 Å². The van der Waals surface area contributed by atoms with E-state index in [0.29, 0.717) is 5.75 Å². The van der Waals surface area contributed by atoms with E-state index in [4.69, 9.17) is 14.6 Å². The molecule has 112 valence electrons. The van der Waals surface area contributed by atoms with E-state index in [2.05, 4.69) is 4.72 Å². The van der Waals surface area contributed by atoms with Crippen LogP contribution >= 0.6 is 0 Å². The van der Waals surface area contributed by atoms with Gasteiger partial charge in [-0.2, -0.15) is 4.72 Å². The topological polar surface area (TPSA) is 102 Å². The minimum absolute atomic E-state index is 0.0367. The molecule has 1 rings (SSSR count). The Morgan fingerprint density at radius 3 is 2.65 bits per heavy atom. The second-order valence-corrected chi connectivity index (χ2v) is 5.69. The molecule has 1 atom stereocenters. The molecular weight excluding hydrogens is 286 g/mol. The quantitative estimate of drug-likeness (QED) is 0.723. The molecule has 0 radical (unpaired) electrons. The summed E-state index contributed by atoms with van der Waals surface area (Å²) in [4.78, 5) is 11.0. The Hall–Kier alpha value is -1.64. The lowest BCUT2D eigenvalue weighted by molar-refractivity contribution is -0.139. The molecule has 0 spiro atoms. The summed E-state index contributed by atoms with van der Waals surface area (Å²) in [6.45, 7) is 0.137. The fourth-order valence-corrected chi connectivity index (χ4v) is 2.75. The Kier molecular flexibility index (Phi) is 5.93. The van der Waals surface area contributed by atoms with Crippen LogP contribution in [0.25, 0.3) is 0 Å². The normalized spacial score (nSPS) is 12.9. The number of carboxylic acid groups (broad SMARTS) is 1. The van der Waals surface area contributed by atoms with Gasteiger partial charge in [-0.1, -0.05) is 6.07 Å². The van der Waals surface area contributed by atoms with Gasteiger partial charge in [0.25, 0.3) is 0 Å². The summed E-state index contributed by atoms with van der Waals surface area (Å²) >= 11 is 0. The molecule has 0 amide bonds. The van der Waals surface area contributed by atoms with Crippen molar-refractivity contribution < 1.29 is 27.8 Å². The summed E-state index contributed by atoms with van der Waals surface area (Å²) in [5.41, 5.74) is 0. The van der Waals surface area contributed by atoms with Crippen molar-refractivity contribution in [3.05, 3.63) is 24.3 Å². The maximum Gasteiger partial charge on any atom is 0.321 e. The SMILES string of the molecule is COCCC(NS(=O)(=O)c1cccc(OC)c1)C(=O)O. The Bertz CT molecular complexity index is 557. The van der Waals surface area contributed by atoms with Crippen LogP contribution in [-0.2, 0) is 19.6 Å². The molecule has 1 unspecified atom stereocenters. The van der Waals surface area contributed by atoms with Crippen LogP contribution < -0.4 is 9.46 Å². The molecule has 0 fully saturated rings. The number of benzene rings is 1. The van der Waals surface area contributed by atoms with E-state index in [1.807, 2.05) is 0 Å². The van der Waals surface area contributed by atoms with Gasteiger partial charge in [-0.15, -0.1) is 0 Å². The molecule has 0 saturated carbocycles. The second-order valence-electron chi connectivity index (χ2n) is 3.97. The Morgan fingerprint density at radius 1 is 1.40 bits per heavy atom. The zero-order valence-electron chi connectivity index (χ0n) is 11.2. The van der Waals surface area contributed by atoms with Crippen molar-refractivity contribution in [3.8, 4) is 5.75 Å². The van der Waals surface area contributed by atoms with Crippen LogP contribution in [0.4, 0.5) is 0 Å². The fraction of sp³-hybridized carbons (Fsp3) is 0.417. The average molecular weight is 303 g/mol. The summed E-state index contributed by atoms with van der Waals surface area (Å²) in [5, 5.41) is 9.00. The molecule has 20 heavy (non-hydrogen) atoms. The summed E-state index contributed by atoms with van der Waals surface area (Å²) in [6, 6.07) is 4.54. The predicted octanol–water partition coefficient (Wildman–Crippen LogP) is 0.463. The first-order valence-electron chi connectivity index (χ1n) is 5.79. The zero-order valence-corrected chi connectivity index (χ0v) is 12.0. The molecule has 7 nitrogen and oxygen atoms in total. The number of hydrogen-bond donors (Lipinski definition) is 2. The number of ether oxygens (including phenoxy) is 2. The Morgan fingerprint density at radius 2 is 2.10 bits per heavy atom. The van der Waals surface area contributed by atoms with Gasteiger partial charge in [0.2, 0.25) is 10.0 Å². The van der Waals surface area contributed by atoms with Crippen LogP contribution in [0.3, 0.4) is 0 Å². The summed E-state index contributed by atoms with van der Waals surface area (Å²) < 4.78 is 36.0. The lowest BCUT2D eigenvalue weighted by Crippen LogP contribution is -2.41. The minimum Gasteiger partial charge on any atom is -0.497 e. The largest absolute Gasteiger partial charge is 0.497 e. The number of sulfonamides is 1. The molecule has 0 bridgehead atoms. The van der Waals surface area contributed by atoms with Crippen LogP contribution in [0.1, 0.15) is 6.42 Å². The fourth-order valence-electron chi connectivity index (χ4n) is 1.49. The molecule has 1 aromatic carbocycles. The smallest absolute Gasteiger partial charge is 0.321 e. The average Bonchev–Trinajstić information content (AvgIpc) is 2.43. The molecule has 1 aromatic rings. The van der Waals surface area contributed by atoms with Crippen LogP contribution in [0.2, 0.25) is 0 Å². The second kappa shape index (κ2) is 7.22. The van der Waals surface area contributed by atoms with Gasteiger partial charge in [-0.3, -0.25) is 4.79 Å². The van der Waals surface area contributed by atoms with E-state index in [0.717, 1.165) is 0 Å². The number of rotatable bonds is 8. The van der Waals surface area contributed by atoms with Crippen molar-refractivity contribution in [1.82, 2.24) is 4.72 Å². The van der Waals surface area contributed by atoms with Crippen molar-refractivity contribution in [1.29, 1.82) is 0 Å². The van der Waals surface area contributed by atoms with Gasteiger partial charge < -0.3 is 14.6 Å². The molecule has 0 heterocycles. The van der Waals surface area contributed by atoms with E-state index in [9.17, 15) is 13.2 Å². The highest BCUT2D eigenvalue weighted by Crippen LogP contribution is 2.17. The first-order valence-corrected chi connectivity index (χ1v) is 7.27. The third-order valence-corrected chi connectivity index (χ3v) is 4.03. The molecule has 0 aromatic heterocycles. The first kappa shape index (κ1) is 16.4. The third-order valence-electron chi connectivity index (χ3n) is 2.56. The highest BCUT2D eigenvalue weighted by molar-refractivity contribution is 7.89. The monoisotopic (exact) mass is 303 g/mol. The lowest BCUT2D eigenvalue weighted by Gasteiger charge is -2.14. The van der Waals surface area contributed by atoms with Gasteiger partial charge in [0.15, 0.2) is 0 Å². The molecule has 0 saturated heterocycles. The lowest BCUT2D eigenvalue weighted by atomic mass is 10.2.